The van der Waals surface area contributed by atoms with Gasteiger partial charge in [0.1, 0.15) is 0 Å². The Labute approximate surface area is 123 Å². The summed E-state index contributed by atoms with van der Waals surface area (Å²) in [4.78, 5) is 10.5. The van der Waals surface area contributed by atoms with E-state index in [0.29, 0.717) is 0 Å². The fourth-order valence-electron chi connectivity index (χ4n) is 2.19. The van der Waals surface area contributed by atoms with E-state index in [1.807, 2.05) is 43.3 Å². The second kappa shape index (κ2) is 6.97. The van der Waals surface area contributed by atoms with E-state index in [1.54, 1.807) is 12.1 Å². The highest BCUT2D eigenvalue weighted by molar-refractivity contribution is 5.40. The van der Waals surface area contributed by atoms with E-state index in [1.165, 1.54) is 6.07 Å². The Morgan fingerprint density at radius 1 is 1.14 bits per heavy atom. The van der Waals surface area contributed by atoms with Gasteiger partial charge >= 0.3 is 0 Å². The molecule has 0 aliphatic heterocycles. The van der Waals surface area contributed by atoms with Gasteiger partial charge in [-0.1, -0.05) is 42.5 Å². The minimum atomic E-state index is -0.402. The van der Waals surface area contributed by atoms with Crippen LogP contribution < -0.4 is 5.32 Å². The van der Waals surface area contributed by atoms with Crippen LogP contribution >= 0.6 is 0 Å². The SMILES string of the molecule is C[C@H](CO)NC(c1ccccc1)c1cccc([N+](=O)[O-])c1. The van der Waals surface area contributed by atoms with Gasteiger partial charge in [0.25, 0.3) is 5.69 Å². The molecule has 5 nitrogen and oxygen atoms in total. The van der Waals surface area contributed by atoms with Gasteiger partial charge in [0.2, 0.25) is 0 Å². The van der Waals surface area contributed by atoms with Gasteiger partial charge in [0, 0.05) is 18.2 Å². The van der Waals surface area contributed by atoms with Crippen molar-refractivity contribution in [1.29, 1.82) is 0 Å². The molecule has 21 heavy (non-hydrogen) atoms. The summed E-state index contributed by atoms with van der Waals surface area (Å²) < 4.78 is 0. The molecule has 0 aromatic heterocycles. The maximum Gasteiger partial charge on any atom is 0.269 e. The Kier molecular flexibility index (Phi) is 5.03. The molecule has 0 saturated carbocycles. The van der Waals surface area contributed by atoms with Crippen molar-refractivity contribution in [3.05, 3.63) is 75.8 Å². The van der Waals surface area contributed by atoms with Crippen molar-refractivity contribution in [2.75, 3.05) is 6.61 Å². The lowest BCUT2D eigenvalue weighted by molar-refractivity contribution is -0.384. The summed E-state index contributed by atoms with van der Waals surface area (Å²) in [5.74, 6) is 0. The lowest BCUT2D eigenvalue weighted by Gasteiger charge is -2.23. The van der Waals surface area contributed by atoms with E-state index >= 15 is 0 Å². The van der Waals surface area contributed by atoms with Crippen molar-refractivity contribution in [3.8, 4) is 0 Å². The van der Waals surface area contributed by atoms with E-state index in [2.05, 4.69) is 5.32 Å². The Bertz CT molecular complexity index is 601. The average molecular weight is 286 g/mol. The summed E-state index contributed by atoms with van der Waals surface area (Å²) in [6.07, 6.45) is 0. The Morgan fingerprint density at radius 2 is 1.81 bits per heavy atom. The Balaban J connectivity index is 2.39. The summed E-state index contributed by atoms with van der Waals surface area (Å²) in [6, 6.07) is 15.9. The predicted octanol–water partition coefficient (Wildman–Crippen LogP) is 2.65. The largest absolute Gasteiger partial charge is 0.395 e. The number of nitrogens with one attached hydrogen (secondary N) is 1. The molecule has 0 bridgehead atoms. The second-order valence-corrected chi connectivity index (χ2v) is 4.95. The molecule has 0 spiro atoms. The first-order valence-corrected chi connectivity index (χ1v) is 6.78. The van der Waals surface area contributed by atoms with Gasteiger partial charge < -0.3 is 10.4 Å². The summed E-state index contributed by atoms with van der Waals surface area (Å²) in [6.45, 7) is 1.87. The second-order valence-electron chi connectivity index (χ2n) is 4.95. The number of nitro benzene ring substituents is 1. The third-order valence-corrected chi connectivity index (χ3v) is 3.27. The van der Waals surface area contributed by atoms with Crippen LogP contribution in [0.1, 0.15) is 24.1 Å². The molecule has 2 atom stereocenters. The minimum Gasteiger partial charge on any atom is -0.395 e. The quantitative estimate of drug-likeness (QED) is 0.632. The maximum atomic E-state index is 10.9. The Morgan fingerprint density at radius 3 is 2.43 bits per heavy atom. The lowest BCUT2D eigenvalue weighted by Crippen LogP contribution is -2.33. The van der Waals surface area contributed by atoms with Crippen LogP contribution in [0.3, 0.4) is 0 Å². The third-order valence-electron chi connectivity index (χ3n) is 3.27. The molecular weight excluding hydrogens is 268 g/mol. The topological polar surface area (TPSA) is 75.4 Å². The molecule has 2 rings (SSSR count). The molecular formula is C16H18N2O3. The zero-order chi connectivity index (χ0) is 15.2. The van der Waals surface area contributed by atoms with Crippen molar-refractivity contribution in [2.24, 2.45) is 0 Å². The first-order valence-electron chi connectivity index (χ1n) is 6.78. The molecule has 0 fully saturated rings. The third kappa shape index (κ3) is 3.87. The van der Waals surface area contributed by atoms with Gasteiger partial charge in [-0.25, -0.2) is 0 Å². The summed E-state index contributed by atoms with van der Waals surface area (Å²) >= 11 is 0. The average Bonchev–Trinajstić information content (AvgIpc) is 2.53. The summed E-state index contributed by atoms with van der Waals surface area (Å²) in [5.41, 5.74) is 1.86. The van der Waals surface area contributed by atoms with Crippen LogP contribution in [0, 0.1) is 10.1 Å². The molecule has 1 unspecified atom stereocenters. The zero-order valence-corrected chi connectivity index (χ0v) is 11.8. The highest BCUT2D eigenvalue weighted by atomic mass is 16.6. The smallest absolute Gasteiger partial charge is 0.269 e. The minimum absolute atomic E-state index is 0.00173. The van der Waals surface area contributed by atoms with Crippen LogP contribution in [-0.4, -0.2) is 22.7 Å². The predicted molar refractivity (Wildman–Crippen MR) is 81.1 cm³/mol. The van der Waals surface area contributed by atoms with Crippen LogP contribution in [0.4, 0.5) is 5.69 Å². The molecule has 0 saturated heterocycles. The summed E-state index contributed by atoms with van der Waals surface area (Å²) in [5, 5.41) is 23.5. The number of benzene rings is 2. The molecule has 110 valence electrons. The molecule has 2 N–H and O–H groups in total. The number of hydrogen-bond donors (Lipinski definition) is 2. The molecule has 0 aliphatic carbocycles. The van der Waals surface area contributed by atoms with Crippen molar-refractivity contribution >= 4 is 5.69 Å². The molecule has 0 aliphatic rings. The van der Waals surface area contributed by atoms with E-state index in [4.69, 9.17) is 0 Å². The standard InChI is InChI=1S/C16H18N2O3/c1-12(11-19)17-16(13-6-3-2-4-7-13)14-8-5-9-15(10-14)18(20)21/h2-10,12,16-17,19H,11H2,1H3/t12-,16?/m1/s1. The molecule has 0 heterocycles. The van der Waals surface area contributed by atoms with Crippen LogP contribution in [-0.2, 0) is 0 Å². The van der Waals surface area contributed by atoms with E-state index in [0.717, 1.165) is 11.1 Å². The fraction of sp³-hybridized carbons (Fsp3) is 0.250. The number of hydrogen-bond acceptors (Lipinski definition) is 4. The molecule has 2 aromatic rings. The number of aliphatic hydroxyl groups is 1. The number of non-ortho nitro benzene ring substituents is 1. The normalized spacial score (nSPS) is 13.6. The van der Waals surface area contributed by atoms with Crippen LogP contribution in [0.2, 0.25) is 0 Å². The summed E-state index contributed by atoms with van der Waals surface area (Å²) in [7, 11) is 0. The molecule has 5 heteroatoms. The fourth-order valence-corrected chi connectivity index (χ4v) is 2.19. The van der Waals surface area contributed by atoms with Gasteiger partial charge in [0.05, 0.1) is 17.6 Å². The van der Waals surface area contributed by atoms with Crippen molar-refractivity contribution in [1.82, 2.24) is 5.32 Å². The van der Waals surface area contributed by atoms with Gasteiger partial charge in [-0.05, 0) is 18.1 Å². The Hall–Kier alpha value is -2.24. The molecule has 2 aromatic carbocycles. The first-order chi connectivity index (χ1) is 10.1. The van der Waals surface area contributed by atoms with Crippen LogP contribution in [0.15, 0.2) is 54.6 Å². The highest BCUT2D eigenvalue weighted by Crippen LogP contribution is 2.25. The molecule has 0 amide bonds. The maximum absolute atomic E-state index is 10.9. The van der Waals surface area contributed by atoms with Gasteiger partial charge in [0.15, 0.2) is 0 Å². The van der Waals surface area contributed by atoms with Crippen molar-refractivity contribution < 1.29 is 10.0 Å². The van der Waals surface area contributed by atoms with Crippen molar-refractivity contribution in [2.45, 2.75) is 19.0 Å². The number of rotatable bonds is 6. The number of aliphatic hydroxyl groups excluding tert-OH is 1. The van der Waals surface area contributed by atoms with E-state index in [-0.39, 0.29) is 24.4 Å². The van der Waals surface area contributed by atoms with Crippen LogP contribution in [0.25, 0.3) is 0 Å². The molecule has 0 radical (unpaired) electrons. The van der Waals surface area contributed by atoms with Gasteiger partial charge in [-0.2, -0.15) is 0 Å². The highest BCUT2D eigenvalue weighted by Gasteiger charge is 2.18. The monoisotopic (exact) mass is 286 g/mol. The van der Waals surface area contributed by atoms with Gasteiger partial charge in [-0.3, -0.25) is 10.1 Å². The zero-order valence-electron chi connectivity index (χ0n) is 11.8. The van der Waals surface area contributed by atoms with E-state index < -0.39 is 4.92 Å². The van der Waals surface area contributed by atoms with Crippen molar-refractivity contribution in [3.63, 3.8) is 0 Å². The lowest BCUT2D eigenvalue weighted by atomic mass is 9.97. The van der Waals surface area contributed by atoms with Crippen LogP contribution in [0.5, 0.6) is 0 Å². The number of nitrogens with zero attached hydrogens (tertiary/aromatic N) is 1. The van der Waals surface area contributed by atoms with Gasteiger partial charge in [-0.15, -0.1) is 0 Å². The number of nitro groups is 1. The first kappa shape index (κ1) is 15.2. The van der Waals surface area contributed by atoms with E-state index in [9.17, 15) is 15.2 Å².